The summed E-state index contributed by atoms with van der Waals surface area (Å²) >= 11 is 1.42. The number of aryl methyl sites for hydroxylation is 2. The maximum atomic E-state index is 12.7. The summed E-state index contributed by atoms with van der Waals surface area (Å²) in [5.74, 6) is 0.203. The fourth-order valence-electron chi connectivity index (χ4n) is 4.19. The van der Waals surface area contributed by atoms with Crippen LogP contribution < -0.4 is 5.56 Å². The van der Waals surface area contributed by atoms with Crippen LogP contribution in [0.5, 0.6) is 0 Å². The molecule has 0 radical (unpaired) electrons. The zero-order valence-electron chi connectivity index (χ0n) is 19.2. The van der Waals surface area contributed by atoms with Gasteiger partial charge in [-0.15, -0.1) is 0 Å². The van der Waals surface area contributed by atoms with E-state index in [0.29, 0.717) is 31.0 Å². The smallest absolute Gasteiger partial charge is 0.275 e. The highest BCUT2D eigenvalue weighted by atomic mass is 32.1. The molecule has 8 heteroatoms. The van der Waals surface area contributed by atoms with E-state index in [9.17, 15) is 9.59 Å². The monoisotopic (exact) mass is 473 g/mol. The van der Waals surface area contributed by atoms with E-state index < -0.39 is 0 Å². The standard InChI is InChI=1S/C26H27N5O2S/c1-19-7-10-21(11-8-19)25-28-31-24(33)17-22(27-26(31)34-25)18-29-13-15-30(16-14-29)23(32)12-9-20-5-3-2-4-6-20/h2-8,10-11,17H,9,12-16,18H2,1H3. The van der Waals surface area contributed by atoms with Crippen molar-refractivity contribution in [3.63, 3.8) is 0 Å². The first kappa shape index (κ1) is 22.4. The van der Waals surface area contributed by atoms with Gasteiger partial charge in [0, 0.05) is 50.8 Å². The molecule has 0 aliphatic carbocycles. The van der Waals surface area contributed by atoms with Crippen LogP contribution in [0.4, 0.5) is 0 Å². The van der Waals surface area contributed by atoms with Crippen molar-refractivity contribution in [3.8, 4) is 10.6 Å². The summed E-state index contributed by atoms with van der Waals surface area (Å²) in [5.41, 5.74) is 3.93. The highest BCUT2D eigenvalue weighted by Gasteiger charge is 2.22. The van der Waals surface area contributed by atoms with Crippen LogP contribution in [0.25, 0.3) is 15.5 Å². The quantitative estimate of drug-likeness (QED) is 0.429. The molecule has 0 spiro atoms. The minimum absolute atomic E-state index is 0.163. The van der Waals surface area contributed by atoms with Crippen LogP contribution in [-0.4, -0.2) is 56.5 Å². The predicted octanol–water partition coefficient (Wildman–Crippen LogP) is 3.40. The van der Waals surface area contributed by atoms with Crippen LogP contribution in [-0.2, 0) is 17.8 Å². The van der Waals surface area contributed by atoms with E-state index in [1.54, 1.807) is 6.07 Å². The molecule has 2 aromatic carbocycles. The first-order chi connectivity index (χ1) is 16.5. The summed E-state index contributed by atoms with van der Waals surface area (Å²) in [5, 5.41) is 5.25. The number of carbonyl (C=O) groups is 1. The molecule has 1 saturated heterocycles. The van der Waals surface area contributed by atoms with Gasteiger partial charge in [0.1, 0.15) is 5.01 Å². The fourth-order valence-corrected chi connectivity index (χ4v) is 5.12. The van der Waals surface area contributed by atoms with E-state index >= 15 is 0 Å². The molecule has 0 atom stereocenters. The maximum absolute atomic E-state index is 12.7. The van der Waals surface area contributed by atoms with Crippen LogP contribution in [0.1, 0.15) is 23.2 Å². The van der Waals surface area contributed by atoms with Gasteiger partial charge in [0.15, 0.2) is 0 Å². The number of hydrogen-bond donors (Lipinski definition) is 0. The van der Waals surface area contributed by atoms with Crippen molar-refractivity contribution in [1.29, 1.82) is 0 Å². The molecule has 0 unspecified atom stereocenters. The third kappa shape index (κ3) is 5.08. The Morgan fingerprint density at radius 1 is 1.00 bits per heavy atom. The van der Waals surface area contributed by atoms with E-state index in [4.69, 9.17) is 4.98 Å². The molecular weight excluding hydrogens is 446 g/mol. The normalized spacial score (nSPS) is 14.6. The van der Waals surface area contributed by atoms with E-state index in [1.807, 2.05) is 54.3 Å². The van der Waals surface area contributed by atoms with Crippen molar-refractivity contribution in [2.45, 2.75) is 26.3 Å². The van der Waals surface area contributed by atoms with E-state index in [2.05, 4.69) is 22.1 Å². The van der Waals surface area contributed by atoms with Gasteiger partial charge in [-0.05, 0) is 18.9 Å². The molecule has 5 rings (SSSR count). The predicted molar refractivity (Wildman–Crippen MR) is 134 cm³/mol. The van der Waals surface area contributed by atoms with Gasteiger partial charge >= 0.3 is 0 Å². The third-order valence-electron chi connectivity index (χ3n) is 6.18. The molecule has 1 amide bonds. The number of carbonyl (C=O) groups excluding carboxylic acids is 1. The van der Waals surface area contributed by atoms with Gasteiger partial charge in [-0.3, -0.25) is 14.5 Å². The maximum Gasteiger partial charge on any atom is 0.275 e. The zero-order valence-corrected chi connectivity index (χ0v) is 20.0. The molecule has 0 saturated carbocycles. The van der Waals surface area contributed by atoms with Crippen molar-refractivity contribution in [1.82, 2.24) is 24.4 Å². The number of rotatable bonds is 6. The molecule has 0 bridgehead atoms. The average Bonchev–Trinajstić information content (AvgIpc) is 3.29. The highest BCUT2D eigenvalue weighted by Crippen LogP contribution is 2.24. The summed E-state index contributed by atoms with van der Waals surface area (Å²) in [6.45, 7) is 5.58. The summed E-state index contributed by atoms with van der Waals surface area (Å²) in [7, 11) is 0. The number of amides is 1. The molecule has 0 N–H and O–H groups in total. The van der Waals surface area contributed by atoms with Crippen molar-refractivity contribution in [2.75, 3.05) is 26.2 Å². The lowest BCUT2D eigenvalue weighted by molar-refractivity contribution is -0.133. The molecule has 3 heterocycles. The summed E-state index contributed by atoms with van der Waals surface area (Å²) < 4.78 is 1.38. The molecule has 1 aliphatic heterocycles. The van der Waals surface area contributed by atoms with Gasteiger partial charge in [-0.1, -0.05) is 71.5 Å². The molecule has 1 aliphatic rings. The molecule has 174 valence electrons. The minimum Gasteiger partial charge on any atom is -0.340 e. The van der Waals surface area contributed by atoms with Crippen molar-refractivity contribution in [3.05, 3.63) is 87.8 Å². The minimum atomic E-state index is -0.163. The van der Waals surface area contributed by atoms with Gasteiger partial charge < -0.3 is 4.90 Å². The first-order valence-corrected chi connectivity index (χ1v) is 12.4. The van der Waals surface area contributed by atoms with Crippen LogP contribution in [0, 0.1) is 6.92 Å². The largest absolute Gasteiger partial charge is 0.340 e. The number of nitrogens with zero attached hydrogens (tertiary/aromatic N) is 5. The van der Waals surface area contributed by atoms with Gasteiger partial charge in [-0.2, -0.15) is 9.61 Å². The SMILES string of the molecule is Cc1ccc(-c2nn3c(=O)cc(CN4CCN(C(=O)CCc5ccccc5)CC4)nc3s2)cc1. The number of benzene rings is 2. The summed E-state index contributed by atoms with van der Waals surface area (Å²) in [6, 6.07) is 19.8. The topological polar surface area (TPSA) is 70.8 Å². The van der Waals surface area contributed by atoms with Gasteiger partial charge in [0.25, 0.3) is 5.56 Å². The Hall–Kier alpha value is -3.36. The number of piperazine rings is 1. The second kappa shape index (κ2) is 9.87. The Morgan fingerprint density at radius 3 is 2.47 bits per heavy atom. The zero-order chi connectivity index (χ0) is 23.5. The Morgan fingerprint density at radius 2 is 1.74 bits per heavy atom. The number of aromatic nitrogens is 3. The summed E-state index contributed by atoms with van der Waals surface area (Å²) in [6.07, 6.45) is 1.31. The molecule has 2 aromatic heterocycles. The van der Waals surface area contributed by atoms with Crippen LogP contribution in [0.3, 0.4) is 0 Å². The molecule has 34 heavy (non-hydrogen) atoms. The Labute approximate surface area is 202 Å². The van der Waals surface area contributed by atoms with Crippen LogP contribution >= 0.6 is 11.3 Å². The lowest BCUT2D eigenvalue weighted by Crippen LogP contribution is -2.48. The lowest BCUT2D eigenvalue weighted by atomic mass is 10.1. The van der Waals surface area contributed by atoms with Gasteiger partial charge in [0.2, 0.25) is 10.9 Å². The Kier molecular flexibility index (Phi) is 6.51. The van der Waals surface area contributed by atoms with Gasteiger partial charge in [-0.25, -0.2) is 4.98 Å². The average molecular weight is 474 g/mol. The second-order valence-electron chi connectivity index (χ2n) is 8.70. The third-order valence-corrected chi connectivity index (χ3v) is 7.14. The summed E-state index contributed by atoms with van der Waals surface area (Å²) in [4.78, 5) is 34.8. The lowest BCUT2D eigenvalue weighted by Gasteiger charge is -2.34. The molecule has 7 nitrogen and oxygen atoms in total. The van der Waals surface area contributed by atoms with Crippen molar-refractivity contribution < 1.29 is 4.79 Å². The van der Waals surface area contributed by atoms with E-state index in [0.717, 1.165) is 35.8 Å². The van der Waals surface area contributed by atoms with E-state index in [-0.39, 0.29) is 11.5 Å². The van der Waals surface area contributed by atoms with Crippen LogP contribution in [0.2, 0.25) is 0 Å². The molecule has 1 fully saturated rings. The Balaban J connectivity index is 1.20. The van der Waals surface area contributed by atoms with E-state index in [1.165, 1.54) is 27.0 Å². The first-order valence-electron chi connectivity index (χ1n) is 11.6. The van der Waals surface area contributed by atoms with Crippen molar-refractivity contribution >= 4 is 22.2 Å². The fraction of sp³-hybridized carbons (Fsp3) is 0.308. The molecule has 4 aromatic rings. The van der Waals surface area contributed by atoms with Gasteiger partial charge in [0.05, 0.1) is 5.69 Å². The highest BCUT2D eigenvalue weighted by molar-refractivity contribution is 7.19. The Bertz CT molecular complexity index is 1340. The van der Waals surface area contributed by atoms with Crippen molar-refractivity contribution in [2.24, 2.45) is 0 Å². The molecular formula is C26H27N5O2S. The number of hydrogen-bond acceptors (Lipinski definition) is 6. The van der Waals surface area contributed by atoms with Crippen LogP contribution in [0.15, 0.2) is 65.5 Å². The number of fused-ring (bicyclic) bond motifs is 1. The second-order valence-corrected chi connectivity index (χ2v) is 9.65.